The predicted molar refractivity (Wildman–Crippen MR) is 91.9 cm³/mol. The van der Waals surface area contributed by atoms with Crippen LogP contribution in [0.1, 0.15) is 35.4 Å². The maximum atomic E-state index is 12.8. The fourth-order valence-corrected chi connectivity index (χ4v) is 2.96. The van der Waals surface area contributed by atoms with Gasteiger partial charge >= 0.3 is 6.18 Å². The first-order chi connectivity index (χ1) is 12.8. The van der Waals surface area contributed by atoms with E-state index in [2.05, 4.69) is 5.32 Å². The molecule has 1 saturated heterocycles. The molecule has 1 aliphatic heterocycles. The van der Waals surface area contributed by atoms with Crippen molar-refractivity contribution in [1.29, 1.82) is 0 Å². The molecule has 27 heavy (non-hydrogen) atoms. The molecule has 1 fully saturated rings. The standard InChI is InChI=1S/C19H19F3N2O3/c20-19(21,22)14-5-3-4-13(12-14)15-6-7-16(27-15)18(26)23-9-8-17(25)24-10-1-2-11-24/h3-7,12H,1-2,8-11H2,(H,23,26). The average Bonchev–Trinajstić information content (AvgIpc) is 3.33. The monoisotopic (exact) mass is 380 g/mol. The Balaban J connectivity index is 1.58. The molecule has 2 amide bonds. The highest BCUT2D eigenvalue weighted by atomic mass is 19.4. The molecule has 2 heterocycles. The van der Waals surface area contributed by atoms with E-state index in [-0.39, 0.29) is 36.0 Å². The third kappa shape index (κ3) is 4.69. The molecule has 1 aliphatic rings. The van der Waals surface area contributed by atoms with Crippen LogP contribution in [0.2, 0.25) is 0 Å². The number of nitrogens with one attached hydrogen (secondary N) is 1. The van der Waals surface area contributed by atoms with Crippen molar-refractivity contribution in [3.8, 4) is 11.3 Å². The number of hydrogen-bond acceptors (Lipinski definition) is 3. The normalized spacial score (nSPS) is 14.4. The zero-order valence-corrected chi connectivity index (χ0v) is 14.5. The summed E-state index contributed by atoms with van der Waals surface area (Å²) in [6.07, 6.45) is -2.25. The maximum absolute atomic E-state index is 12.8. The van der Waals surface area contributed by atoms with E-state index in [0.717, 1.165) is 38.1 Å². The van der Waals surface area contributed by atoms with E-state index in [0.29, 0.717) is 0 Å². The first kappa shape index (κ1) is 19.0. The molecule has 144 valence electrons. The third-order valence-electron chi connectivity index (χ3n) is 4.39. The molecule has 8 heteroatoms. The van der Waals surface area contributed by atoms with Crippen LogP contribution in [0.4, 0.5) is 13.2 Å². The summed E-state index contributed by atoms with van der Waals surface area (Å²) >= 11 is 0. The number of furan rings is 1. The van der Waals surface area contributed by atoms with E-state index >= 15 is 0 Å². The highest BCUT2D eigenvalue weighted by Gasteiger charge is 2.30. The van der Waals surface area contributed by atoms with Crippen LogP contribution in [-0.2, 0) is 11.0 Å². The summed E-state index contributed by atoms with van der Waals surface area (Å²) in [6, 6.07) is 7.54. The van der Waals surface area contributed by atoms with Gasteiger partial charge in [-0.3, -0.25) is 9.59 Å². The summed E-state index contributed by atoms with van der Waals surface area (Å²) in [5.74, 6) is -0.366. The van der Waals surface area contributed by atoms with E-state index in [4.69, 9.17) is 4.42 Å². The lowest BCUT2D eigenvalue weighted by atomic mass is 10.1. The van der Waals surface area contributed by atoms with Crippen molar-refractivity contribution < 1.29 is 27.2 Å². The van der Waals surface area contributed by atoms with Gasteiger partial charge < -0.3 is 14.6 Å². The lowest BCUT2D eigenvalue weighted by Gasteiger charge is -2.14. The smallest absolute Gasteiger partial charge is 0.416 e. The zero-order valence-electron chi connectivity index (χ0n) is 14.5. The Morgan fingerprint density at radius 3 is 2.56 bits per heavy atom. The summed E-state index contributed by atoms with van der Waals surface area (Å²) < 4.78 is 43.8. The van der Waals surface area contributed by atoms with Crippen molar-refractivity contribution in [2.24, 2.45) is 0 Å². The molecule has 0 bridgehead atoms. The molecule has 0 saturated carbocycles. The maximum Gasteiger partial charge on any atom is 0.416 e. The fraction of sp³-hybridized carbons (Fsp3) is 0.368. The molecule has 2 aromatic rings. The fourth-order valence-electron chi connectivity index (χ4n) is 2.96. The Kier molecular flexibility index (Phi) is 5.53. The minimum Gasteiger partial charge on any atom is -0.451 e. The molecule has 0 atom stereocenters. The molecular weight excluding hydrogens is 361 g/mol. The van der Waals surface area contributed by atoms with Crippen molar-refractivity contribution in [1.82, 2.24) is 10.2 Å². The second kappa shape index (κ2) is 7.85. The Bertz CT molecular complexity index is 824. The number of amides is 2. The number of carbonyl (C=O) groups excluding carboxylic acids is 2. The molecule has 3 rings (SSSR count). The number of alkyl halides is 3. The van der Waals surface area contributed by atoms with Crippen LogP contribution in [0.15, 0.2) is 40.8 Å². The van der Waals surface area contributed by atoms with Crippen LogP contribution < -0.4 is 5.32 Å². The SMILES string of the molecule is O=C(NCCC(=O)N1CCCC1)c1ccc(-c2cccc(C(F)(F)F)c2)o1. The minimum atomic E-state index is -4.45. The van der Waals surface area contributed by atoms with Gasteiger partial charge in [-0.25, -0.2) is 0 Å². The molecule has 0 radical (unpaired) electrons. The Hall–Kier alpha value is -2.77. The lowest BCUT2D eigenvalue weighted by molar-refractivity contribution is -0.137. The first-order valence-corrected chi connectivity index (χ1v) is 8.68. The van der Waals surface area contributed by atoms with Gasteiger partial charge in [-0.05, 0) is 37.1 Å². The predicted octanol–water partition coefficient (Wildman–Crippen LogP) is 3.71. The van der Waals surface area contributed by atoms with Crippen molar-refractivity contribution in [2.75, 3.05) is 19.6 Å². The Labute approximate surface area is 154 Å². The molecule has 0 spiro atoms. The molecule has 1 aromatic heterocycles. The van der Waals surface area contributed by atoms with Crippen molar-refractivity contribution in [2.45, 2.75) is 25.4 Å². The van der Waals surface area contributed by atoms with Crippen LogP contribution in [0.3, 0.4) is 0 Å². The van der Waals surface area contributed by atoms with Gasteiger partial charge in [0.15, 0.2) is 5.76 Å². The van der Waals surface area contributed by atoms with Crippen molar-refractivity contribution >= 4 is 11.8 Å². The number of carbonyl (C=O) groups is 2. The molecule has 1 aromatic carbocycles. The summed E-state index contributed by atoms with van der Waals surface area (Å²) in [7, 11) is 0. The quantitative estimate of drug-likeness (QED) is 0.860. The lowest BCUT2D eigenvalue weighted by Crippen LogP contribution is -2.32. The summed E-state index contributed by atoms with van der Waals surface area (Å²) in [4.78, 5) is 25.8. The van der Waals surface area contributed by atoms with Crippen molar-refractivity contribution in [3.63, 3.8) is 0 Å². The zero-order chi connectivity index (χ0) is 19.4. The van der Waals surface area contributed by atoms with Crippen molar-refractivity contribution in [3.05, 3.63) is 47.7 Å². The summed E-state index contributed by atoms with van der Waals surface area (Å²) in [6.45, 7) is 1.68. The molecular formula is C19H19F3N2O3. The largest absolute Gasteiger partial charge is 0.451 e. The second-order valence-electron chi connectivity index (χ2n) is 6.34. The van der Waals surface area contributed by atoms with Gasteiger partial charge in [0.1, 0.15) is 5.76 Å². The van der Waals surface area contributed by atoms with Gasteiger partial charge in [-0.15, -0.1) is 0 Å². The number of rotatable bonds is 5. The van der Waals surface area contributed by atoms with Gasteiger partial charge in [-0.1, -0.05) is 12.1 Å². The van der Waals surface area contributed by atoms with Crippen LogP contribution in [0.25, 0.3) is 11.3 Å². The van der Waals surface area contributed by atoms with E-state index < -0.39 is 17.6 Å². The van der Waals surface area contributed by atoms with Gasteiger partial charge in [0.2, 0.25) is 5.91 Å². The third-order valence-corrected chi connectivity index (χ3v) is 4.39. The number of likely N-dealkylation sites (tertiary alicyclic amines) is 1. The van der Waals surface area contributed by atoms with Gasteiger partial charge in [0.05, 0.1) is 5.56 Å². The number of hydrogen-bond donors (Lipinski definition) is 1. The van der Waals surface area contributed by atoms with E-state index in [1.165, 1.54) is 24.3 Å². The topological polar surface area (TPSA) is 62.6 Å². The first-order valence-electron chi connectivity index (χ1n) is 8.68. The molecule has 0 aliphatic carbocycles. The summed E-state index contributed by atoms with van der Waals surface area (Å²) in [5.41, 5.74) is -0.559. The molecule has 1 N–H and O–H groups in total. The van der Waals surface area contributed by atoms with E-state index in [9.17, 15) is 22.8 Å². The second-order valence-corrected chi connectivity index (χ2v) is 6.34. The number of nitrogens with zero attached hydrogens (tertiary/aromatic N) is 1. The minimum absolute atomic E-state index is 0.00287. The highest BCUT2D eigenvalue weighted by molar-refractivity contribution is 5.92. The average molecular weight is 380 g/mol. The number of halogens is 3. The number of benzene rings is 1. The van der Waals surface area contributed by atoms with Crippen LogP contribution in [0, 0.1) is 0 Å². The van der Waals surface area contributed by atoms with Gasteiger partial charge in [0, 0.05) is 31.6 Å². The Morgan fingerprint density at radius 2 is 1.85 bits per heavy atom. The van der Waals surface area contributed by atoms with E-state index in [1.54, 1.807) is 4.90 Å². The Morgan fingerprint density at radius 1 is 1.11 bits per heavy atom. The van der Waals surface area contributed by atoms with Crippen LogP contribution in [0.5, 0.6) is 0 Å². The highest BCUT2D eigenvalue weighted by Crippen LogP contribution is 2.32. The van der Waals surface area contributed by atoms with Gasteiger partial charge in [0.25, 0.3) is 5.91 Å². The summed E-state index contributed by atoms with van der Waals surface area (Å²) in [5, 5.41) is 2.59. The van der Waals surface area contributed by atoms with Crippen LogP contribution in [-0.4, -0.2) is 36.3 Å². The van der Waals surface area contributed by atoms with E-state index in [1.807, 2.05) is 0 Å². The molecule has 5 nitrogen and oxygen atoms in total. The van der Waals surface area contributed by atoms with Crippen LogP contribution >= 0.6 is 0 Å². The van der Waals surface area contributed by atoms with Gasteiger partial charge in [-0.2, -0.15) is 13.2 Å². The molecule has 0 unspecified atom stereocenters.